The van der Waals surface area contributed by atoms with Gasteiger partial charge in [-0.05, 0) is 30.3 Å². The molecule has 0 saturated carbocycles. The third kappa shape index (κ3) is 2.97. The van der Waals surface area contributed by atoms with Gasteiger partial charge in [0.2, 0.25) is 5.56 Å². The fourth-order valence-electron chi connectivity index (χ4n) is 3.21. The Hall–Kier alpha value is -3.84. The van der Waals surface area contributed by atoms with Crippen LogP contribution >= 0.6 is 11.6 Å². The largest absolute Gasteiger partial charge is 0.305 e. The first-order chi connectivity index (χ1) is 14.1. The number of fused-ring (bicyclic) bond motifs is 2. The molecule has 0 saturated heterocycles. The molecule has 7 nitrogen and oxygen atoms in total. The van der Waals surface area contributed by atoms with Gasteiger partial charge in [0.1, 0.15) is 11.2 Å². The molecule has 8 heteroatoms. The predicted molar refractivity (Wildman–Crippen MR) is 112 cm³/mol. The molecule has 0 amide bonds. The van der Waals surface area contributed by atoms with Crippen LogP contribution in [-0.2, 0) is 0 Å². The van der Waals surface area contributed by atoms with Gasteiger partial charge in [-0.25, -0.2) is 9.97 Å². The van der Waals surface area contributed by atoms with Crippen molar-refractivity contribution in [2.45, 2.75) is 0 Å². The van der Waals surface area contributed by atoms with E-state index in [1.807, 2.05) is 18.2 Å². The lowest BCUT2D eigenvalue weighted by Crippen LogP contribution is -2.19. The zero-order valence-corrected chi connectivity index (χ0v) is 15.6. The molecule has 0 unspecified atom stereocenters. The number of nitrogens with zero attached hydrogens (tertiary/aromatic N) is 4. The van der Waals surface area contributed by atoms with Gasteiger partial charge in [-0.15, -0.1) is 0 Å². The van der Waals surface area contributed by atoms with E-state index in [9.17, 15) is 9.59 Å². The van der Waals surface area contributed by atoms with E-state index in [4.69, 9.17) is 11.6 Å². The van der Waals surface area contributed by atoms with Gasteiger partial charge >= 0.3 is 0 Å². The minimum absolute atomic E-state index is 0.269. The molecule has 1 aromatic carbocycles. The van der Waals surface area contributed by atoms with Crippen molar-refractivity contribution in [2.24, 2.45) is 0 Å². The average molecular weight is 402 g/mol. The molecule has 1 N–H and O–H groups in total. The molecular weight excluding hydrogens is 390 g/mol. The van der Waals surface area contributed by atoms with Crippen LogP contribution in [0, 0.1) is 0 Å². The molecule has 0 bridgehead atoms. The Morgan fingerprint density at radius 3 is 2.72 bits per heavy atom. The summed E-state index contributed by atoms with van der Waals surface area (Å²) in [6, 6.07) is 15.1. The normalized spacial score (nSPS) is 11.2. The smallest absolute Gasteiger partial charge is 0.256 e. The van der Waals surface area contributed by atoms with Crippen molar-refractivity contribution in [2.75, 3.05) is 0 Å². The highest BCUT2D eigenvalue weighted by Gasteiger charge is 2.16. The summed E-state index contributed by atoms with van der Waals surface area (Å²) in [5.41, 5.74) is 2.04. The Bertz CT molecular complexity index is 1520. The van der Waals surface area contributed by atoms with E-state index >= 15 is 0 Å². The summed E-state index contributed by atoms with van der Waals surface area (Å²) in [6.07, 6.45) is 3.28. The predicted octanol–water partition coefficient (Wildman–Crippen LogP) is 3.34. The van der Waals surface area contributed by atoms with Gasteiger partial charge in [-0.3, -0.25) is 19.1 Å². The number of aromatic amines is 1. The molecule has 4 heterocycles. The van der Waals surface area contributed by atoms with E-state index in [1.165, 1.54) is 16.7 Å². The zero-order valence-electron chi connectivity index (χ0n) is 14.8. The van der Waals surface area contributed by atoms with Gasteiger partial charge < -0.3 is 4.98 Å². The number of hydrogen-bond donors (Lipinski definition) is 1. The first-order valence-electron chi connectivity index (χ1n) is 8.74. The monoisotopic (exact) mass is 401 g/mol. The minimum Gasteiger partial charge on any atom is -0.305 e. The van der Waals surface area contributed by atoms with Crippen LogP contribution in [0.15, 0.2) is 76.6 Å². The maximum atomic E-state index is 12.5. The van der Waals surface area contributed by atoms with Crippen molar-refractivity contribution in [1.29, 1.82) is 0 Å². The zero-order chi connectivity index (χ0) is 20.0. The number of nitrogens with one attached hydrogen (secondary N) is 1. The Kier molecular flexibility index (Phi) is 3.96. The van der Waals surface area contributed by atoms with Gasteiger partial charge in [-0.1, -0.05) is 23.7 Å². The molecule has 0 spiro atoms. The van der Waals surface area contributed by atoms with E-state index in [-0.39, 0.29) is 11.1 Å². The van der Waals surface area contributed by atoms with Gasteiger partial charge in [0.25, 0.3) is 5.56 Å². The van der Waals surface area contributed by atoms with E-state index in [0.717, 1.165) is 5.39 Å². The number of pyridine rings is 3. The SMILES string of the molecule is O=c1ccc2nc(-c3cc(Cl)c4ncccc4c3)c(-n3ccccc3=O)nc2[nH]1. The van der Waals surface area contributed by atoms with E-state index in [0.29, 0.717) is 38.8 Å². The Morgan fingerprint density at radius 1 is 0.966 bits per heavy atom. The van der Waals surface area contributed by atoms with Crippen molar-refractivity contribution < 1.29 is 0 Å². The second-order valence-electron chi connectivity index (χ2n) is 6.39. The molecular formula is C21H12ClN5O2. The van der Waals surface area contributed by atoms with Gasteiger partial charge in [0, 0.05) is 35.5 Å². The summed E-state index contributed by atoms with van der Waals surface area (Å²) in [6.45, 7) is 0. The van der Waals surface area contributed by atoms with Crippen molar-refractivity contribution in [3.8, 4) is 17.1 Å². The molecule has 0 atom stereocenters. The summed E-state index contributed by atoms with van der Waals surface area (Å²) in [7, 11) is 0. The lowest BCUT2D eigenvalue weighted by Gasteiger charge is -2.12. The number of halogens is 1. The molecule has 5 aromatic rings. The first-order valence-corrected chi connectivity index (χ1v) is 9.12. The molecule has 0 radical (unpaired) electrons. The highest BCUT2D eigenvalue weighted by molar-refractivity contribution is 6.35. The summed E-state index contributed by atoms with van der Waals surface area (Å²) in [5.74, 6) is 0.296. The quantitative estimate of drug-likeness (QED) is 0.489. The lowest BCUT2D eigenvalue weighted by molar-refractivity contribution is 0.937. The van der Waals surface area contributed by atoms with E-state index in [2.05, 4.69) is 19.9 Å². The molecule has 0 aliphatic carbocycles. The maximum Gasteiger partial charge on any atom is 0.256 e. The Labute approximate surface area is 168 Å². The minimum atomic E-state index is -0.300. The highest BCUT2D eigenvalue weighted by atomic mass is 35.5. The fraction of sp³-hybridized carbons (Fsp3) is 0. The van der Waals surface area contributed by atoms with Crippen LogP contribution in [0.4, 0.5) is 0 Å². The summed E-state index contributed by atoms with van der Waals surface area (Å²) in [5, 5.41) is 1.30. The molecule has 0 aliphatic heterocycles. The van der Waals surface area contributed by atoms with E-state index in [1.54, 1.807) is 36.7 Å². The number of hydrogen-bond acceptors (Lipinski definition) is 5. The number of rotatable bonds is 2. The Morgan fingerprint density at radius 2 is 1.86 bits per heavy atom. The van der Waals surface area contributed by atoms with Crippen LogP contribution in [0.5, 0.6) is 0 Å². The van der Waals surface area contributed by atoms with Crippen LogP contribution in [-0.4, -0.2) is 24.5 Å². The number of aromatic nitrogens is 5. The molecule has 0 fully saturated rings. The molecule has 29 heavy (non-hydrogen) atoms. The van der Waals surface area contributed by atoms with Crippen molar-refractivity contribution in [3.05, 3.63) is 92.7 Å². The summed E-state index contributed by atoms with van der Waals surface area (Å²) >= 11 is 6.45. The van der Waals surface area contributed by atoms with Gasteiger partial charge in [-0.2, -0.15) is 0 Å². The summed E-state index contributed by atoms with van der Waals surface area (Å²) in [4.78, 5) is 40.4. The second kappa shape index (κ2) is 6.65. The third-order valence-corrected chi connectivity index (χ3v) is 4.81. The van der Waals surface area contributed by atoms with Crippen LogP contribution in [0.3, 0.4) is 0 Å². The third-order valence-electron chi connectivity index (χ3n) is 4.52. The summed E-state index contributed by atoms with van der Waals surface area (Å²) < 4.78 is 1.38. The first kappa shape index (κ1) is 17.3. The Balaban J connectivity index is 1.88. The average Bonchev–Trinajstić information content (AvgIpc) is 2.73. The van der Waals surface area contributed by atoms with Crippen molar-refractivity contribution in [1.82, 2.24) is 24.5 Å². The van der Waals surface area contributed by atoms with E-state index < -0.39 is 0 Å². The standard InChI is InChI=1S/C21H12ClN5O2/c22-14-11-13(10-12-4-3-8-23-18(12)14)19-21(27-9-2-1-5-17(27)29)26-20-15(24-19)6-7-16(28)25-20/h1-11H,(H,25,26,28). The van der Waals surface area contributed by atoms with Gasteiger partial charge in [0.15, 0.2) is 11.5 Å². The lowest BCUT2D eigenvalue weighted by atomic mass is 10.1. The topological polar surface area (TPSA) is 93.5 Å². The number of benzene rings is 1. The molecule has 5 rings (SSSR count). The van der Waals surface area contributed by atoms with Crippen molar-refractivity contribution in [3.63, 3.8) is 0 Å². The fourth-order valence-corrected chi connectivity index (χ4v) is 3.48. The van der Waals surface area contributed by atoms with Crippen LogP contribution in [0.2, 0.25) is 5.02 Å². The van der Waals surface area contributed by atoms with Crippen LogP contribution < -0.4 is 11.1 Å². The molecule has 140 valence electrons. The molecule has 4 aromatic heterocycles. The second-order valence-corrected chi connectivity index (χ2v) is 6.80. The number of H-pyrrole nitrogens is 1. The highest BCUT2D eigenvalue weighted by Crippen LogP contribution is 2.31. The van der Waals surface area contributed by atoms with Crippen LogP contribution in [0.25, 0.3) is 39.1 Å². The maximum absolute atomic E-state index is 12.5. The van der Waals surface area contributed by atoms with Crippen molar-refractivity contribution >= 4 is 33.7 Å². The molecule has 0 aliphatic rings. The van der Waals surface area contributed by atoms with Crippen LogP contribution in [0.1, 0.15) is 0 Å². The van der Waals surface area contributed by atoms with Gasteiger partial charge in [0.05, 0.1) is 10.5 Å².